The van der Waals surface area contributed by atoms with Gasteiger partial charge in [0.2, 0.25) is 11.7 Å². The van der Waals surface area contributed by atoms with Crippen molar-refractivity contribution in [3.05, 3.63) is 17.5 Å². The summed E-state index contributed by atoms with van der Waals surface area (Å²) < 4.78 is 10.4. The molecule has 0 radical (unpaired) electrons. The first-order valence-electron chi connectivity index (χ1n) is 7.46. The second-order valence-electron chi connectivity index (χ2n) is 5.87. The third kappa shape index (κ3) is 2.72. The van der Waals surface area contributed by atoms with Crippen LogP contribution in [-0.4, -0.2) is 54.7 Å². The van der Waals surface area contributed by atoms with Crippen LogP contribution in [0.25, 0.3) is 0 Å². The number of nitrogens with zero attached hydrogens (tertiary/aromatic N) is 2. The van der Waals surface area contributed by atoms with E-state index >= 15 is 0 Å². The molecule has 0 spiro atoms. The highest BCUT2D eigenvalue weighted by atomic mass is 16.5. The summed E-state index contributed by atoms with van der Waals surface area (Å²) in [4.78, 5) is 26.6. The van der Waals surface area contributed by atoms with Crippen LogP contribution in [0.15, 0.2) is 10.6 Å². The fraction of sp³-hybridized carbons (Fsp3) is 0.667. The Balaban J connectivity index is 2.31. The zero-order chi connectivity index (χ0) is 16.3. The van der Waals surface area contributed by atoms with Crippen molar-refractivity contribution in [1.82, 2.24) is 15.4 Å². The topological polar surface area (TPSA) is 84.7 Å². The summed E-state index contributed by atoms with van der Waals surface area (Å²) in [5.41, 5.74) is -0.259. The number of rotatable bonds is 5. The molecule has 1 aliphatic heterocycles. The molecule has 0 aromatic carbocycles. The maximum absolute atomic E-state index is 12.8. The first-order valence-corrected chi connectivity index (χ1v) is 7.46. The van der Waals surface area contributed by atoms with Gasteiger partial charge in [-0.1, -0.05) is 19.0 Å². The zero-order valence-corrected chi connectivity index (χ0v) is 13.5. The van der Waals surface area contributed by atoms with Crippen molar-refractivity contribution in [2.45, 2.75) is 38.1 Å². The minimum Gasteiger partial charge on any atom is -0.382 e. The molecule has 7 nitrogen and oxygen atoms in total. The second-order valence-corrected chi connectivity index (χ2v) is 5.87. The lowest BCUT2D eigenvalue weighted by Gasteiger charge is -2.35. The maximum atomic E-state index is 12.8. The number of carbonyl (C=O) groups is 2. The molecule has 1 aliphatic rings. The van der Waals surface area contributed by atoms with Gasteiger partial charge in [0.25, 0.3) is 5.91 Å². The monoisotopic (exact) mass is 309 g/mol. The lowest BCUT2D eigenvalue weighted by atomic mass is 9.95. The zero-order valence-electron chi connectivity index (χ0n) is 13.5. The molecule has 1 aromatic rings. The van der Waals surface area contributed by atoms with E-state index in [1.807, 2.05) is 13.8 Å². The van der Waals surface area contributed by atoms with Crippen LogP contribution in [-0.2, 0) is 9.53 Å². The van der Waals surface area contributed by atoms with Gasteiger partial charge in [-0.3, -0.25) is 9.59 Å². The third-order valence-electron chi connectivity index (χ3n) is 4.10. The van der Waals surface area contributed by atoms with E-state index in [1.54, 1.807) is 18.0 Å². The van der Waals surface area contributed by atoms with E-state index in [1.165, 1.54) is 7.11 Å². The van der Waals surface area contributed by atoms with Crippen LogP contribution in [0.1, 0.15) is 48.9 Å². The fourth-order valence-corrected chi connectivity index (χ4v) is 2.89. The molecular formula is C15H23N3O4. The highest BCUT2D eigenvalue weighted by molar-refractivity contribution is 5.98. The quantitative estimate of drug-likeness (QED) is 0.882. The third-order valence-corrected chi connectivity index (χ3v) is 4.10. The second kappa shape index (κ2) is 6.48. The first-order chi connectivity index (χ1) is 10.5. The lowest BCUT2D eigenvalue weighted by Crippen LogP contribution is -2.59. The van der Waals surface area contributed by atoms with Crippen molar-refractivity contribution >= 4 is 11.8 Å². The average molecular weight is 309 g/mol. The van der Waals surface area contributed by atoms with Crippen LogP contribution in [0, 0.1) is 0 Å². The molecule has 122 valence electrons. The molecule has 22 heavy (non-hydrogen) atoms. The number of carbonyl (C=O) groups excluding carboxylic acids is 2. The number of likely N-dealkylation sites (tertiary alicyclic amines) is 1. The smallest absolute Gasteiger partial charge is 0.293 e. The number of likely N-dealkylation sites (N-methyl/N-ethyl adjacent to an activating group) is 1. The lowest BCUT2D eigenvalue weighted by molar-refractivity contribution is -0.133. The van der Waals surface area contributed by atoms with E-state index in [0.29, 0.717) is 13.0 Å². The van der Waals surface area contributed by atoms with Gasteiger partial charge in [0.1, 0.15) is 5.54 Å². The van der Waals surface area contributed by atoms with E-state index in [9.17, 15) is 9.59 Å². The normalized spacial score (nSPS) is 21.4. The van der Waals surface area contributed by atoms with Crippen molar-refractivity contribution < 1.29 is 18.8 Å². The standard InChI is InChI=1S/C15H23N3O4/c1-10(2)11-8-12(22-17-11)13(19)18-7-5-6-15(18,9-21-4)14(20)16-3/h8,10H,5-7,9H2,1-4H3,(H,16,20). The Morgan fingerprint density at radius 2 is 2.27 bits per heavy atom. The van der Waals surface area contributed by atoms with Crippen LogP contribution in [0.2, 0.25) is 0 Å². The van der Waals surface area contributed by atoms with E-state index in [4.69, 9.17) is 9.26 Å². The highest BCUT2D eigenvalue weighted by Gasteiger charge is 2.50. The molecule has 1 aromatic heterocycles. The van der Waals surface area contributed by atoms with Gasteiger partial charge >= 0.3 is 0 Å². The van der Waals surface area contributed by atoms with E-state index in [2.05, 4.69) is 10.5 Å². The number of hydrogen-bond donors (Lipinski definition) is 1. The molecule has 7 heteroatoms. The Morgan fingerprint density at radius 1 is 1.55 bits per heavy atom. The molecule has 1 saturated heterocycles. The minimum atomic E-state index is -0.981. The van der Waals surface area contributed by atoms with Gasteiger partial charge in [0.15, 0.2) is 0 Å². The Kier molecular flexibility index (Phi) is 4.85. The summed E-state index contributed by atoms with van der Waals surface area (Å²) in [7, 11) is 3.09. The van der Waals surface area contributed by atoms with Crippen LogP contribution in [0.4, 0.5) is 0 Å². The molecule has 0 bridgehead atoms. The number of nitrogens with one attached hydrogen (secondary N) is 1. The average Bonchev–Trinajstić information content (AvgIpc) is 3.13. The Labute approximate surface area is 130 Å². The Morgan fingerprint density at radius 3 is 2.82 bits per heavy atom. The molecule has 1 N–H and O–H groups in total. The molecule has 2 rings (SSSR count). The van der Waals surface area contributed by atoms with Gasteiger partial charge in [-0.15, -0.1) is 0 Å². The summed E-state index contributed by atoms with van der Waals surface area (Å²) in [6.07, 6.45) is 1.31. The summed E-state index contributed by atoms with van der Waals surface area (Å²) in [5.74, 6) is -0.206. The van der Waals surface area contributed by atoms with Crippen LogP contribution in [0.3, 0.4) is 0 Å². The summed E-state index contributed by atoms with van der Waals surface area (Å²) in [6.45, 7) is 4.60. The van der Waals surface area contributed by atoms with Crippen molar-refractivity contribution in [2.24, 2.45) is 0 Å². The number of methoxy groups -OCH3 is 1. The first kappa shape index (κ1) is 16.5. The number of amides is 2. The largest absolute Gasteiger partial charge is 0.382 e. The number of aromatic nitrogens is 1. The molecule has 2 heterocycles. The van der Waals surface area contributed by atoms with Gasteiger partial charge in [-0.05, 0) is 18.8 Å². The van der Waals surface area contributed by atoms with Gasteiger partial charge < -0.3 is 19.5 Å². The highest BCUT2D eigenvalue weighted by Crippen LogP contribution is 2.32. The number of hydrogen-bond acceptors (Lipinski definition) is 5. The van der Waals surface area contributed by atoms with Crippen molar-refractivity contribution in [3.8, 4) is 0 Å². The van der Waals surface area contributed by atoms with Gasteiger partial charge in [0.05, 0.1) is 12.3 Å². The van der Waals surface area contributed by atoms with Crippen LogP contribution < -0.4 is 5.32 Å². The maximum Gasteiger partial charge on any atom is 0.293 e. The predicted octanol–water partition coefficient (Wildman–Crippen LogP) is 1.17. The summed E-state index contributed by atoms with van der Waals surface area (Å²) in [5, 5.41) is 6.55. The molecule has 1 atom stereocenters. The molecule has 1 unspecified atom stereocenters. The van der Waals surface area contributed by atoms with Gasteiger partial charge in [-0.2, -0.15) is 0 Å². The van der Waals surface area contributed by atoms with Gasteiger partial charge in [-0.25, -0.2) is 0 Å². The van der Waals surface area contributed by atoms with Crippen molar-refractivity contribution in [1.29, 1.82) is 0 Å². The summed E-state index contributed by atoms with van der Waals surface area (Å²) in [6, 6.07) is 1.65. The summed E-state index contributed by atoms with van der Waals surface area (Å²) >= 11 is 0. The molecule has 0 aliphatic carbocycles. The Bertz CT molecular complexity index is 555. The van der Waals surface area contributed by atoms with Crippen LogP contribution >= 0.6 is 0 Å². The molecule has 1 fully saturated rings. The minimum absolute atomic E-state index is 0.156. The van der Waals surface area contributed by atoms with Gasteiger partial charge in [0, 0.05) is 26.8 Å². The van der Waals surface area contributed by atoms with Crippen LogP contribution in [0.5, 0.6) is 0 Å². The van der Waals surface area contributed by atoms with E-state index in [0.717, 1.165) is 12.1 Å². The molecule has 0 saturated carbocycles. The van der Waals surface area contributed by atoms with Crippen molar-refractivity contribution in [2.75, 3.05) is 27.3 Å². The number of ether oxygens (including phenoxy) is 1. The molecular weight excluding hydrogens is 286 g/mol. The predicted molar refractivity (Wildman–Crippen MR) is 79.5 cm³/mol. The van der Waals surface area contributed by atoms with Crippen molar-refractivity contribution in [3.63, 3.8) is 0 Å². The Hall–Kier alpha value is -1.89. The SMILES string of the molecule is CNC(=O)C1(COC)CCCN1C(=O)c1cc(C(C)C)no1. The molecule has 2 amide bonds. The van der Waals surface area contributed by atoms with E-state index < -0.39 is 5.54 Å². The fourth-order valence-electron chi connectivity index (χ4n) is 2.89. The van der Waals surface area contributed by atoms with E-state index in [-0.39, 0.29) is 30.1 Å².